The molecule has 12 heavy (non-hydrogen) atoms. The number of alkyl halides is 3. The van der Waals surface area contributed by atoms with E-state index >= 15 is 0 Å². The van der Waals surface area contributed by atoms with Crippen LogP contribution in [0.25, 0.3) is 0 Å². The molecular formula is C7H12F3NO. The van der Waals surface area contributed by atoms with Crippen molar-refractivity contribution < 1.29 is 18.0 Å². The Bertz CT molecular complexity index is 155. The van der Waals surface area contributed by atoms with Crippen LogP contribution in [0.3, 0.4) is 0 Å². The van der Waals surface area contributed by atoms with Gasteiger partial charge < -0.3 is 5.32 Å². The van der Waals surface area contributed by atoms with Crippen LogP contribution in [-0.2, 0) is 4.79 Å². The average molecular weight is 183 g/mol. The van der Waals surface area contributed by atoms with Crippen molar-refractivity contribution in [1.82, 2.24) is 5.32 Å². The zero-order valence-electron chi connectivity index (χ0n) is 7.03. The molecule has 0 aliphatic heterocycles. The number of rotatable bonds is 3. The largest absolute Gasteiger partial charge is 0.408 e. The Morgan fingerprint density at radius 1 is 1.50 bits per heavy atom. The summed E-state index contributed by atoms with van der Waals surface area (Å²) in [6, 6.07) is -1.75. The van der Waals surface area contributed by atoms with Gasteiger partial charge in [0.05, 0.1) is 0 Å². The van der Waals surface area contributed by atoms with E-state index in [1.165, 1.54) is 0 Å². The van der Waals surface area contributed by atoms with E-state index in [2.05, 4.69) is 0 Å². The van der Waals surface area contributed by atoms with Gasteiger partial charge in [-0.15, -0.1) is 0 Å². The Balaban J connectivity index is 3.84. The monoisotopic (exact) mass is 183 g/mol. The average Bonchev–Trinajstić information content (AvgIpc) is 1.85. The molecule has 0 aliphatic rings. The van der Waals surface area contributed by atoms with Crippen molar-refractivity contribution in [2.45, 2.75) is 38.9 Å². The molecule has 0 fully saturated rings. The van der Waals surface area contributed by atoms with Gasteiger partial charge in [0.2, 0.25) is 5.91 Å². The van der Waals surface area contributed by atoms with Gasteiger partial charge in [0.25, 0.3) is 0 Å². The minimum Gasteiger partial charge on any atom is -0.345 e. The molecule has 2 nitrogen and oxygen atoms in total. The van der Waals surface area contributed by atoms with Crippen LogP contribution in [0.1, 0.15) is 26.7 Å². The summed E-state index contributed by atoms with van der Waals surface area (Å²) in [5, 5.41) is 1.86. The van der Waals surface area contributed by atoms with Crippen LogP contribution >= 0.6 is 0 Å². The minimum atomic E-state index is -4.34. The summed E-state index contributed by atoms with van der Waals surface area (Å²) in [5.41, 5.74) is 0. The lowest BCUT2D eigenvalue weighted by atomic mass is 10.3. The second-order valence-corrected chi connectivity index (χ2v) is 2.58. The molecule has 1 atom stereocenters. The van der Waals surface area contributed by atoms with Crippen molar-refractivity contribution in [3.05, 3.63) is 0 Å². The first-order chi connectivity index (χ1) is 5.38. The van der Waals surface area contributed by atoms with Crippen molar-refractivity contribution in [3.63, 3.8) is 0 Å². The van der Waals surface area contributed by atoms with Crippen molar-refractivity contribution in [2.75, 3.05) is 0 Å². The molecule has 72 valence electrons. The molecule has 0 aromatic heterocycles. The van der Waals surface area contributed by atoms with Crippen molar-refractivity contribution >= 4 is 5.91 Å². The zero-order valence-corrected chi connectivity index (χ0v) is 7.03. The van der Waals surface area contributed by atoms with E-state index in [0.717, 1.165) is 6.92 Å². The quantitative estimate of drug-likeness (QED) is 0.710. The molecule has 0 aromatic carbocycles. The smallest absolute Gasteiger partial charge is 0.345 e. The van der Waals surface area contributed by atoms with Gasteiger partial charge in [-0.25, -0.2) is 0 Å². The van der Waals surface area contributed by atoms with Crippen LogP contribution in [0, 0.1) is 0 Å². The summed E-state index contributed by atoms with van der Waals surface area (Å²) in [6.45, 7) is 2.66. The van der Waals surface area contributed by atoms with Gasteiger partial charge in [-0.3, -0.25) is 4.79 Å². The molecule has 0 aromatic rings. The van der Waals surface area contributed by atoms with Gasteiger partial charge in [0, 0.05) is 6.42 Å². The summed E-state index contributed by atoms with van der Waals surface area (Å²) in [4.78, 5) is 10.7. The molecule has 0 rings (SSSR count). The number of nitrogens with one attached hydrogen (secondary N) is 1. The first-order valence-electron chi connectivity index (χ1n) is 3.74. The molecule has 0 bridgehead atoms. The van der Waals surface area contributed by atoms with Crippen molar-refractivity contribution in [2.24, 2.45) is 0 Å². The normalized spacial score (nSPS) is 14.1. The number of amides is 1. The number of halogens is 3. The first-order valence-corrected chi connectivity index (χ1v) is 3.74. The van der Waals surface area contributed by atoms with E-state index in [0.29, 0.717) is 6.42 Å². The van der Waals surface area contributed by atoms with E-state index < -0.39 is 18.1 Å². The zero-order chi connectivity index (χ0) is 9.78. The topological polar surface area (TPSA) is 29.1 Å². The highest BCUT2D eigenvalue weighted by molar-refractivity contribution is 5.76. The first kappa shape index (κ1) is 11.3. The summed E-state index contributed by atoms with van der Waals surface area (Å²) in [6.07, 6.45) is -3.65. The van der Waals surface area contributed by atoms with Gasteiger partial charge in [-0.05, 0) is 13.3 Å². The van der Waals surface area contributed by atoms with Crippen molar-refractivity contribution in [1.29, 1.82) is 0 Å². The van der Waals surface area contributed by atoms with Gasteiger partial charge in [0.15, 0.2) is 0 Å². The van der Waals surface area contributed by atoms with Crippen LogP contribution < -0.4 is 5.32 Å². The molecule has 1 amide bonds. The molecule has 5 heteroatoms. The maximum atomic E-state index is 11.8. The fourth-order valence-electron chi connectivity index (χ4n) is 0.623. The molecule has 0 unspecified atom stereocenters. The summed E-state index contributed by atoms with van der Waals surface area (Å²) < 4.78 is 35.5. The lowest BCUT2D eigenvalue weighted by Gasteiger charge is -2.16. The predicted molar refractivity (Wildman–Crippen MR) is 38.6 cm³/mol. The van der Waals surface area contributed by atoms with E-state index in [1.54, 1.807) is 6.92 Å². The van der Waals surface area contributed by atoms with Crippen LogP contribution in [-0.4, -0.2) is 18.1 Å². The van der Waals surface area contributed by atoms with E-state index in [1.807, 2.05) is 5.32 Å². The van der Waals surface area contributed by atoms with Crippen LogP contribution in [0.5, 0.6) is 0 Å². The molecule has 0 saturated heterocycles. The molecule has 0 radical (unpaired) electrons. The van der Waals surface area contributed by atoms with Gasteiger partial charge >= 0.3 is 6.18 Å². The maximum absolute atomic E-state index is 11.8. The Kier molecular flexibility index (Phi) is 4.06. The fraction of sp³-hybridized carbons (Fsp3) is 0.857. The van der Waals surface area contributed by atoms with Crippen LogP contribution in [0.2, 0.25) is 0 Å². The van der Waals surface area contributed by atoms with E-state index in [4.69, 9.17) is 0 Å². The highest BCUT2D eigenvalue weighted by Crippen LogP contribution is 2.19. The highest BCUT2D eigenvalue weighted by atomic mass is 19.4. The predicted octanol–water partition coefficient (Wildman–Crippen LogP) is 1.85. The molecule has 0 spiro atoms. The number of carbonyl (C=O) groups excluding carboxylic acids is 1. The Labute approximate surface area is 69.1 Å². The highest BCUT2D eigenvalue weighted by Gasteiger charge is 2.36. The van der Waals surface area contributed by atoms with Gasteiger partial charge in [0.1, 0.15) is 6.04 Å². The molecular weight excluding hydrogens is 171 g/mol. The summed E-state index contributed by atoms with van der Waals surface area (Å²) in [7, 11) is 0. The third-order valence-corrected chi connectivity index (χ3v) is 1.35. The summed E-state index contributed by atoms with van der Waals surface area (Å²) >= 11 is 0. The van der Waals surface area contributed by atoms with E-state index in [-0.39, 0.29) is 6.42 Å². The third kappa shape index (κ3) is 4.20. The number of hydrogen-bond acceptors (Lipinski definition) is 1. The fourth-order valence-corrected chi connectivity index (χ4v) is 0.623. The number of hydrogen-bond donors (Lipinski definition) is 1. The molecule has 0 heterocycles. The molecule has 0 saturated carbocycles. The van der Waals surface area contributed by atoms with Gasteiger partial charge in [-0.1, -0.05) is 6.92 Å². The van der Waals surface area contributed by atoms with Gasteiger partial charge in [-0.2, -0.15) is 13.2 Å². The maximum Gasteiger partial charge on any atom is 0.408 e. The molecule has 1 N–H and O–H groups in total. The third-order valence-electron chi connectivity index (χ3n) is 1.35. The molecule has 0 aliphatic carbocycles. The number of carbonyl (C=O) groups is 1. The second-order valence-electron chi connectivity index (χ2n) is 2.58. The van der Waals surface area contributed by atoms with Crippen LogP contribution in [0.4, 0.5) is 13.2 Å². The standard InChI is InChI=1S/C7H12F3NO/c1-3-4-6(12)11-5(2)7(8,9)10/h5H,3-4H2,1-2H3,(H,11,12)/t5-/m0/s1. The Hall–Kier alpha value is -0.740. The minimum absolute atomic E-state index is 0.139. The lowest BCUT2D eigenvalue weighted by molar-refractivity contribution is -0.158. The van der Waals surface area contributed by atoms with E-state index in [9.17, 15) is 18.0 Å². The van der Waals surface area contributed by atoms with Crippen LogP contribution in [0.15, 0.2) is 0 Å². The Morgan fingerprint density at radius 2 is 2.00 bits per heavy atom. The Morgan fingerprint density at radius 3 is 2.33 bits per heavy atom. The second kappa shape index (κ2) is 4.33. The summed E-state index contributed by atoms with van der Waals surface area (Å²) in [5.74, 6) is -0.553. The lowest BCUT2D eigenvalue weighted by Crippen LogP contribution is -2.42. The van der Waals surface area contributed by atoms with Crippen molar-refractivity contribution in [3.8, 4) is 0 Å². The SMILES string of the molecule is CCCC(=O)N[C@@H](C)C(F)(F)F.